The fraction of sp³-hybridized carbons (Fsp3) is 0.158. The number of methoxy groups -OCH3 is 2. The van der Waals surface area contributed by atoms with Gasteiger partial charge in [-0.05, 0) is 35.3 Å². The normalized spacial score (nSPS) is 10.3. The van der Waals surface area contributed by atoms with E-state index in [0.29, 0.717) is 22.9 Å². The van der Waals surface area contributed by atoms with Crippen molar-refractivity contribution in [3.8, 4) is 22.8 Å². The van der Waals surface area contributed by atoms with Gasteiger partial charge in [0.1, 0.15) is 4.88 Å². The summed E-state index contributed by atoms with van der Waals surface area (Å²) in [5, 5.41) is 2.90. The van der Waals surface area contributed by atoms with Crippen molar-refractivity contribution in [3.63, 3.8) is 0 Å². The van der Waals surface area contributed by atoms with Crippen LogP contribution in [0.1, 0.15) is 15.2 Å². The second-order valence-electron chi connectivity index (χ2n) is 5.31. The lowest BCUT2D eigenvalue weighted by Gasteiger charge is -2.10. The van der Waals surface area contributed by atoms with Gasteiger partial charge in [-0.3, -0.25) is 4.79 Å². The number of hydrogen-bond donors (Lipinski definition) is 1. The molecule has 0 saturated heterocycles. The van der Waals surface area contributed by atoms with E-state index in [0.717, 1.165) is 16.8 Å². The van der Waals surface area contributed by atoms with Crippen LogP contribution in [0.3, 0.4) is 0 Å². The molecule has 1 N–H and O–H groups in total. The second-order valence-corrected chi connectivity index (χ2v) is 6.12. The van der Waals surface area contributed by atoms with Gasteiger partial charge < -0.3 is 14.8 Å². The van der Waals surface area contributed by atoms with E-state index in [-0.39, 0.29) is 5.91 Å². The standard InChI is InChI=1S/C19H18N2O3S/c1-23-16-9-8-13(10-17(16)24-2)12-20-19(22)18-11-15(21-25-18)14-6-4-3-5-7-14/h3-11H,12H2,1-2H3,(H,20,22). The summed E-state index contributed by atoms with van der Waals surface area (Å²) in [6, 6.07) is 17.2. The molecule has 0 unspecified atom stereocenters. The zero-order valence-electron chi connectivity index (χ0n) is 14.0. The lowest BCUT2D eigenvalue weighted by Crippen LogP contribution is -2.21. The third-order valence-corrected chi connectivity index (χ3v) is 4.49. The minimum absolute atomic E-state index is 0.144. The second kappa shape index (κ2) is 7.81. The summed E-state index contributed by atoms with van der Waals surface area (Å²) in [4.78, 5) is 12.9. The number of rotatable bonds is 6. The van der Waals surface area contributed by atoms with Crippen LogP contribution in [0.5, 0.6) is 11.5 Å². The molecule has 5 nitrogen and oxygen atoms in total. The molecule has 0 spiro atoms. The van der Waals surface area contributed by atoms with E-state index in [1.807, 2.05) is 54.6 Å². The number of nitrogens with one attached hydrogen (secondary N) is 1. The predicted molar refractivity (Wildman–Crippen MR) is 98.3 cm³/mol. The smallest absolute Gasteiger partial charge is 0.263 e. The van der Waals surface area contributed by atoms with Crippen LogP contribution >= 0.6 is 11.5 Å². The molecule has 0 saturated carbocycles. The van der Waals surface area contributed by atoms with Crippen molar-refractivity contribution >= 4 is 17.4 Å². The van der Waals surface area contributed by atoms with Gasteiger partial charge in [0.15, 0.2) is 11.5 Å². The molecule has 0 aliphatic carbocycles. The van der Waals surface area contributed by atoms with Crippen molar-refractivity contribution in [2.45, 2.75) is 6.54 Å². The van der Waals surface area contributed by atoms with Crippen LogP contribution in [0, 0.1) is 0 Å². The van der Waals surface area contributed by atoms with Crippen LogP contribution in [0.25, 0.3) is 11.3 Å². The first-order valence-electron chi connectivity index (χ1n) is 7.72. The molecule has 0 aliphatic heterocycles. The molecule has 1 heterocycles. The number of aromatic nitrogens is 1. The van der Waals surface area contributed by atoms with Crippen LogP contribution in [0.2, 0.25) is 0 Å². The fourth-order valence-electron chi connectivity index (χ4n) is 2.39. The molecule has 0 radical (unpaired) electrons. The van der Waals surface area contributed by atoms with Gasteiger partial charge in [0.25, 0.3) is 5.91 Å². The van der Waals surface area contributed by atoms with E-state index in [4.69, 9.17) is 9.47 Å². The molecule has 3 aromatic rings. The number of nitrogens with zero attached hydrogens (tertiary/aromatic N) is 1. The van der Waals surface area contributed by atoms with E-state index in [1.165, 1.54) is 11.5 Å². The van der Waals surface area contributed by atoms with Crippen LogP contribution in [-0.4, -0.2) is 24.5 Å². The van der Waals surface area contributed by atoms with Crippen molar-refractivity contribution < 1.29 is 14.3 Å². The Morgan fingerprint density at radius 2 is 1.80 bits per heavy atom. The molecule has 0 bridgehead atoms. The predicted octanol–water partition coefficient (Wildman–Crippen LogP) is 3.76. The maximum Gasteiger partial charge on any atom is 0.263 e. The minimum Gasteiger partial charge on any atom is -0.493 e. The number of amides is 1. The zero-order valence-corrected chi connectivity index (χ0v) is 14.8. The highest BCUT2D eigenvalue weighted by atomic mass is 32.1. The van der Waals surface area contributed by atoms with Crippen molar-refractivity contribution in [2.24, 2.45) is 0 Å². The highest BCUT2D eigenvalue weighted by Crippen LogP contribution is 2.27. The Kier molecular flexibility index (Phi) is 5.30. The van der Waals surface area contributed by atoms with Gasteiger partial charge in [-0.15, -0.1) is 0 Å². The quantitative estimate of drug-likeness (QED) is 0.732. The lowest BCUT2D eigenvalue weighted by atomic mass is 10.1. The first-order chi connectivity index (χ1) is 12.2. The Morgan fingerprint density at radius 3 is 2.52 bits per heavy atom. The summed E-state index contributed by atoms with van der Waals surface area (Å²) >= 11 is 1.19. The summed E-state index contributed by atoms with van der Waals surface area (Å²) in [7, 11) is 3.18. The Balaban J connectivity index is 1.66. The highest BCUT2D eigenvalue weighted by molar-refractivity contribution is 7.08. The number of hydrogen-bond acceptors (Lipinski definition) is 5. The molecule has 0 fully saturated rings. The maximum absolute atomic E-state index is 12.3. The van der Waals surface area contributed by atoms with Crippen molar-refractivity contribution in [2.75, 3.05) is 14.2 Å². The topological polar surface area (TPSA) is 60.5 Å². The zero-order chi connectivity index (χ0) is 17.6. The van der Waals surface area contributed by atoms with Gasteiger partial charge in [-0.25, -0.2) is 0 Å². The molecule has 1 amide bonds. The van der Waals surface area contributed by atoms with Gasteiger partial charge in [0.2, 0.25) is 0 Å². The third-order valence-electron chi connectivity index (χ3n) is 3.70. The SMILES string of the molecule is COc1ccc(CNC(=O)c2cc(-c3ccccc3)ns2)cc1OC. The van der Waals surface area contributed by atoms with Crippen LogP contribution in [0.4, 0.5) is 0 Å². The Morgan fingerprint density at radius 1 is 1.04 bits per heavy atom. The molecule has 0 aliphatic rings. The molecular formula is C19H18N2O3S. The summed E-state index contributed by atoms with van der Waals surface area (Å²) in [6.45, 7) is 0.401. The Bertz CT molecular complexity index is 862. The lowest BCUT2D eigenvalue weighted by molar-refractivity contribution is 0.0955. The molecule has 3 rings (SSSR count). The Labute approximate surface area is 150 Å². The van der Waals surface area contributed by atoms with Gasteiger partial charge in [0, 0.05) is 12.1 Å². The van der Waals surface area contributed by atoms with Crippen molar-refractivity contribution in [1.82, 2.24) is 9.69 Å². The summed E-state index contributed by atoms with van der Waals surface area (Å²) in [5.74, 6) is 1.15. The van der Waals surface area contributed by atoms with Crippen molar-refractivity contribution in [1.29, 1.82) is 0 Å². The van der Waals surface area contributed by atoms with Crippen LogP contribution < -0.4 is 14.8 Å². The largest absolute Gasteiger partial charge is 0.493 e. The first-order valence-corrected chi connectivity index (χ1v) is 8.50. The minimum atomic E-state index is -0.144. The number of benzene rings is 2. The molecule has 2 aromatic carbocycles. The highest BCUT2D eigenvalue weighted by Gasteiger charge is 2.12. The van der Waals surface area contributed by atoms with Crippen molar-refractivity contribution in [3.05, 3.63) is 65.0 Å². The fourth-order valence-corrected chi connectivity index (χ4v) is 3.06. The summed E-state index contributed by atoms with van der Waals surface area (Å²) in [5.41, 5.74) is 2.73. The maximum atomic E-state index is 12.3. The number of carbonyl (C=O) groups is 1. The molecule has 25 heavy (non-hydrogen) atoms. The van der Waals surface area contributed by atoms with Gasteiger partial charge >= 0.3 is 0 Å². The van der Waals surface area contributed by atoms with E-state index in [2.05, 4.69) is 9.69 Å². The molecule has 1 aromatic heterocycles. The van der Waals surface area contributed by atoms with Crippen LogP contribution in [0.15, 0.2) is 54.6 Å². The Hall–Kier alpha value is -2.86. The molecular weight excluding hydrogens is 336 g/mol. The summed E-state index contributed by atoms with van der Waals surface area (Å²) < 4.78 is 14.8. The van der Waals surface area contributed by atoms with Gasteiger partial charge in [-0.2, -0.15) is 4.37 Å². The van der Waals surface area contributed by atoms with Gasteiger partial charge in [-0.1, -0.05) is 36.4 Å². The number of ether oxygens (including phenoxy) is 2. The first kappa shape index (κ1) is 17.0. The molecule has 128 valence electrons. The average Bonchev–Trinajstić information content (AvgIpc) is 3.17. The summed E-state index contributed by atoms with van der Waals surface area (Å²) in [6.07, 6.45) is 0. The van der Waals surface area contributed by atoms with Gasteiger partial charge in [0.05, 0.1) is 19.9 Å². The number of carbonyl (C=O) groups excluding carboxylic acids is 1. The van der Waals surface area contributed by atoms with E-state index in [9.17, 15) is 4.79 Å². The molecule has 0 atom stereocenters. The monoisotopic (exact) mass is 354 g/mol. The van der Waals surface area contributed by atoms with E-state index in [1.54, 1.807) is 14.2 Å². The average molecular weight is 354 g/mol. The van der Waals surface area contributed by atoms with Crippen LogP contribution in [-0.2, 0) is 6.54 Å². The van der Waals surface area contributed by atoms with E-state index < -0.39 is 0 Å². The third kappa shape index (κ3) is 3.97. The molecule has 6 heteroatoms. The van der Waals surface area contributed by atoms with E-state index >= 15 is 0 Å².